The number of rotatable bonds is 11. The highest BCUT2D eigenvalue weighted by molar-refractivity contribution is 5.90. The number of nitrogens with zero attached hydrogens (tertiary/aromatic N) is 1. The summed E-state index contributed by atoms with van der Waals surface area (Å²) in [6, 6.07) is 7.92. The first kappa shape index (κ1) is 27.3. The Labute approximate surface area is 213 Å². The zero-order chi connectivity index (χ0) is 26.1. The molecule has 0 bridgehead atoms. The second-order valence-corrected chi connectivity index (χ2v) is 9.25. The van der Waals surface area contributed by atoms with Gasteiger partial charge in [-0.1, -0.05) is 12.1 Å². The van der Waals surface area contributed by atoms with Crippen molar-refractivity contribution in [2.75, 3.05) is 32.8 Å². The monoisotopic (exact) mass is 497 g/mol. The van der Waals surface area contributed by atoms with Gasteiger partial charge in [-0.05, 0) is 82.2 Å². The maximum atomic E-state index is 13.0. The Morgan fingerprint density at radius 1 is 1.08 bits per heavy atom. The van der Waals surface area contributed by atoms with E-state index in [9.17, 15) is 14.4 Å². The van der Waals surface area contributed by atoms with Crippen LogP contribution in [0.15, 0.2) is 24.3 Å². The molecule has 2 aromatic rings. The summed E-state index contributed by atoms with van der Waals surface area (Å²) < 4.78 is 10.6. The predicted molar refractivity (Wildman–Crippen MR) is 138 cm³/mol. The first-order valence-corrected chi connectivity index (χ1v) is 13.0. The van der Waals surface area contributed by atoms with Crippen molar-refractivity contribution in [3.8, 4) is 5.75 Å². The molecule has 1 aliphatic rings. The van der Waals surface area contributed by atoms with E-state index in [1.807, 2.05) is 49.9 Å². The van der Waals surface area contributed by atoms with Gasteiger partial charge in [0.2, 0.25) is 11.8 Å². The van der Waals surface area contributed by atoms with Gasteiger partial charge >= 0.3 is 5.97 Å². The summed E-state index contributed by atoms with van der Waals surface area (Å²) in [5.74, 6) is 0.338. The number of amides is 2. The molecule has 0 radical (unpaired) electrons. The van der Waals surface area contributed by atoms with Gasteiger partial charge in [0.05, 0.1) is 19.1 Å². The Morgan fingerprint density at radius 3 is 2.53 bits per heavy atom. The molecule has 0 saturated carbocycles. The number of nitrogens with one attached hydrogen (secondary N) is 2. The number of likely N-dealkylation sites (tertiary alicyclic amines) is 1. The van der Waals surface area contributed by atoms with Crippen molar-refractivity contribution in [1.29, 1.82) is 0 Å². The summed E-state index contributed by atoms with van der Waals surface area (Å²) in [6.07, 6.45) is 3.24. The summed E-state index contributed by atoms with van der Waals surface area (Å²) in [4.78, 5) is 42.8. The van der Waals surface area contributed by atoms with Crippen molar-refractivity contribution in [3.05, 3.63) is 52.3 Å². The second-order valence-electron chi connectivity index (χ2n) is 9.25. The number of aryl methyl sites for hydroxylation is 1. The van der Waals surface area contributed by atoms with Crippen LogP contribution in [0.3, 0.4) is 0 Å². The first-order valence-electron chi connectivity index (χ1n) is 13.0. The lowest BCUT2D eigenvalue weighted by Crippen LogP contribution is -2.45. The molecular formula is C28H39N3O5. The van der Waals surface area contributed by atoms with E-state index in [-0.39, 0.29) is 23.7 Å². The smallest absolute Gasteiger partial charge is 0.355 e. The molecule has 8 nitrogen and oxygen atoms in total. The molecule has 2 heterocycles. The van der Waals surface area contributed by atoms with Gasteiger partial charge in [0.1, 0.15) is 11.4 Å². The lowest BCUT2D eigenvalue weighted by molar-refractivity contribution is -0.135. The van der Waals surface area contributed by atoms with Crippen LogP contribution in [0, 0.1) is 19.8 Å². The normalized spacial score (nSPS) is 15.4. The van der Waals surface area contributed by atoms with E-state index in [4.69, 9.17) is 9.47 Å². The molecule has 0 aliphatic carbocycles. The van der Waals surface area contributed by atoms with Crippen molar-refractivity contribution >= 4 is 17.8 Å². The first-order chi connectivity index (χ1) is 17.3. The highest BCUT2D eigenvalue weighted by atomic mass is 16.5. The number of aromatic amines is 1. The number of ether oxygens (including phenoxy) is 2. The van der Waals surface area contributed by atoms with E-state index in [1.54, 1.807) is 6.92 Å². The van der Waals surface area contributed by atoms with Crippen LogP contribution in [-0.2, 0) is 27.2 Å². The molecule has 1 aliphatic heterocycles. The number of carbonyl (C=O) groups excluding carboxylic acids is 3. The highest BCUT2D eigenvalue weighted by Gasteiger charge is 2.28. The Morgan fingerprint density at radius 2 is 1.83 bits per heavy atom. The molecular weight excluding hydrogens is 458 g/mol. The number of hydrogen-bond donors (Lipinski definition) is 2. The maximum Gasteiger partial charge on any atom is 0.355 e. The molecule has 8 heteroatoms. The van der Waals surface area contributed by atoms with Crippen LogP contribution in [0.5, 0.6) is 5.75 Å². The van der Waals surface area contributed by atoms with Gasteiger partial charge in [-0.2, -0.15) is 0 Å². The van der Waals surface area contributed by atoms with E-state index < -0.39 is 0 Å². The number of benzene rings is 1. The number of carbonyl (C=O) groups is 3. The lowest BCUT2D eigenvalue weighted by atomic mass is 9.96. The van der Waals surface area contributed by atoms with Crippen molar-refractivity contribution in [3.63, 3.8) is 0 Å². The van der Waals surface area contributed by atoms with Crippen LogP contribution in [0.25, 0.3) is 0 Å². The minimum atomic E-state index is -0.372. The summed E-state index contributed by atoms with van der Waals surface area (Å²) in [5, 5.41) is 3.04. The molecule has 2 N–H and O–H groups in total. The van der Waals surface area contributed by atoms with Crippen LogP contribution in [0.1, 0.15) is 66.0 Å². The van der Waals surface area contributed by atoms with Crippen LogP contribution < -0.4 is 10.1 Å². The Kier molecular flexibility index (Phi) is 9.96. The molecule has 1 aromatic carbocycles. The number of hydrogen-bond acceptors (Lipinski definition) is 5. The number of H-pyrrole nitrogens is 1. The quantitative estimate of drug-likeness (QED) is 0.461. The van der Waals surface area contributed by atoms with Crippen LogP contribution in [0.2, 0.25) is 0 Å². The average Bonchev–Trinajstić information content (AvgIpc) is 3.17. The van der Waals surface area contributed by atoms with Crippen molar-refractivity contribution in [1.82, 2.24) is 15.2 Å². The van der Waals surface area contributed by atoms with Gasteiger partial charge in [0.25, 0.3) is 0 Å². The third-order valence-electron chi connectivity index (χ3n) is 6.75. The molecule has 3 rings (SSSR count). The fraction of sp³-hybridized carbons (Fsp3) is 0.536. The molecule has 1 aromatic heterocycles. The summed E-state index contributed by atoms with van der Waals surface area (Å²) in [7, 11) is 0. The second kappa shape index (κ2) is 13.1. The topological polar surface area (TPSA) is 101 Å². The summed E-state index contributed by atoms with van der Waals surface area (Å²) in [5.41, 5.74) is 4.29. The highest BCUT2D eigenvalue weighted by Crippen LogP contribution is 2.22. The van der Waals surface area contributed by atoms with Crippen LogP contribution in [0.4, 0.5) is 0 Å². The van der Waals surface area contributed by atoms with Gasteiger partial charge in [-0.25, -0.2) is 4.79 Å². The van der Waals surface area contributed by atoms with Crippen molar-refractivity contribution < 1.29 is 23.9 Å². The molecule has 36 heavy (non-hydrogen) atoms. The summed E-state index contributed by atoms with van der Waals surface area (Å²) in [6.45, 7) is 10.2. The standard InChI is InChI=1S/C28H39N3O5/c1-5-35-23-11-9-21(10-12-23)15-16-29-27(33)22-8-7-17-31(18-22)25(32)14-13-24-19(3)26(30-20(24)4)28(34)36-6-2/h9-12,22,30H,5-8,13-18H2,1-4H3,(H,29,33)/t22-/m1/s1. The molecule has 0 spiro atoms. The number of piperidine rings is 1. The van der Waals surface area contributed by atoms with Gasteiger partial charge in [-0.3, -0.25) is 9.59 Å². The predicted octanol–water partition coefficient (Wildman–Crippen LogP) is 3.74. The zero-order valence-corrected chi connectivity index (χ0v) is 21.9. The SMILES string of the molecule is CCOC(=O)c1[nH]c(C)c(CCC(=O)N2CCC[C@@H](C(=O)NCCc3ccc(OCC)cc3)C2)c1C. The Hall–Kier alpha value is -3.29. The lowest BCUT2D eigenvalue weighted by Gasteiger charge is -2.32. The number of aromatic nitrogens is 1. The van der Waals surface area contributed by atoms with E-state index in [0.717, 1.165) is 47.4 Å². The van der Waals surface area contributed by atoms with Gasteiger partial charge in [0.15, 0.2) is 0 Å². The fourth-order valence-electron chi connectivity index (χ4n) is 4.77. The Balaban J connectivity index is 1.47. The average molecular weight is 498 g/mol. The fourth-order valence-corrected chi connectivity index (χ4v) is 4.77. The van der Waals surface area contributed by atoms with E-state index in [2.05, 4.69) is 10.3 Å². The minimum absolute atomic E-state index is 0.00911. The molecule has 2 amide bonds. The van der Waals surface area contributed by atoms with E-state index in [1.165, 1.54) is 0 Å². The van der Waals surface area contributed by atoms with Gasteiger partial charge in [-0.15, -0.1) is 0 Å². The van der Waals surface area contributed by atoms with Crippen LogP contribution in [-0.4, -0.2) is 60.5 Å². The Bertz CT molecular complexity index is 1040. The zero-order valence-electron chi connectivity index (χ0n) is 21.9. The van der Waals surface area contributed by atoms with E-state index >= 15 is 0 Å². The van der Waals surface area contributed by atoms with Crippen LogP contribution >= 0.6 is 0 Å². The number of esters is 1. The molecule has 1 fully saturated rings. The van der Waals surface area contributed by atoms with E-state index in [0.29, 0.717) is 51.4 Å². The molecule has 1 atom stereocenters. The third-order valence-corrected chi connectivity index (χ3v) is 6.75. The minimum Gasteiger partial charge on any atom is -0.494 e. The van der Waals surface area contributed by atoms with Gasteiger partial charge in [0, 0.05) is 31.7 Å². The molecule has 196 valence electrons. The van der Waals surface area contributed by atoms with Gasteiger partial charge < -0.3 is 24.7 Å². The molecule has 0 unspecified atom stereocenters. The molecule has 1 saturated heterocycles. The maximum absolute atomic E-state index is 13.0. The van der Waals surface area contributed by atoms with Crippen molar-refractivity contribution in [2.45, 2.75) is 59.8 Å². The van der Waals surface area contributed by atoms with Crippen molar-refractivity contribution in [2.24, 2.45) is 5.92 Å². The third kappa shape index (κ3) is 7.12. The largest absolute Gasteiger partial charge is 0.494 e. The summed E-state index contributed by atoms with van der Waals surface area (Å²) >= 11 is 0.